The number of hydrogen-bond acceptors (Lipinski definition) is 6. The van der Waals surface area contributed by atoms with E-state index in [9.17, 15) is 0 Å². The van der Waals surface area contributed by atoms with E-state index in [0.29, 0.717) is 30.1 Å². The normalized spacial score (nSPS) is 15.3. The molecule has 2 aromatic carbocycles. The summed E-state index contributed by atoms with van der Waals surface area (Å²) in [6, 6.07) is 14.8. The van der Waals surface area contributed by atoms with Gasteiger partial charge in [0.1, 0.15) is 11.3 Å². The summed E-state index contributed by atoms with van der Waals surface area (Å²) in [7, 11) is 0. The maximum Gasteiger partial charge on any atom is 0.283 e. The first-order valence-electron chi connectivity index (χ1n) is 12.8. The van der Waals surface area contributed by atoms with Crippen molar-refractivity contribution >= 4 is 11.0 Å². The van der Waals surface area contributed by atoms with E-state index >= 15 is 0 Å². The molecule has 1 saturated heterocycles. The zero-order chi connectivity index (χ0) is 24.4. The van der Waals surface area contributed by atoms with Crippen LogP contribution in [-0.4, -0.2) is 41.3 Å². The molecule has 1 aliphatic heterocycles. The van der Waals surface area contributed by atoms with Crippen molar-refractivity contribution in [2.45, 2.75) is 58.8 Å². The number of ether oxygens (including phenoxy) is 1. The van der Waals surface area contributed by atoms with Crippen molar-refractivity contribution in [2.75, 3.05) is 26.2 Å². The van der Waals surface area contributed by atoms with Gasteiger partial charge < -0.3 is 18.5 Å². The van der Waals surface area contributed by atoms with E-state index in [1.54, 1.807) is 0 Å². The molecule has 6 nitrogen and oxygen atoms in total. The highest BCUT2D eigenvalue weighted by molar-refractivity contribution is 5.87. The van der Waals surface area contributed by atoms with Crippen LogP contribution in [0.2, 0.25) is 0 Å². The fourth-order valence-corrected chi connectivity index (χ4v) is 4.81. The van der Waals surface area contributed by atoms with Crippen LogP contribution in [0.25, 0.3) is 22.6 Å². The lowest BCUT2D eigenvalue weighted by atomic mass is 9.88. The highest BCUT2D eigenvalue weighted by atomic mass is 16.5. The third kappa shape index (κ3) is 5.27. The second-order valence-corrected chi connectivity index (χ2v) is 10.0. The summed E-state index contributed by atoms with van der Waals surface area (Å²) >= 11 is 0. The second-order valence-electron chi connectivity index (χ2n) is 10.0. The fourth-order valence-electron chi connectivity index (χ4n) is 4.81. The van der Waals surface area contributed by atoms with Crippen LogP contribution in [-0.2, 0) is 0 Å². The van der Waals surface area contributed by atoms with E-state index in [1.165, 1.54) is 29.5 Å². The summed E-state index contributed by atoms with van der Waals surface area (Å²) in [6.45, 7) is 12.5. The van der Waals surface area contributed by atoms with E-state index in [-0.39, 0.29) is 5.92 Å². The molecule has 1 aliphatic rings. The van der Waals surface area contributed by atoms with Gasteiger partial charge in [-0.25, -0.2) is 0 Å². The topological polar surface area (TPSA) is 64.5 Å². The van der Waals surface area contributed by atoms with Crippen LogP contribution in [0.15, 0.2) is 51.3 Å². The Labute approximate surface area is 207 Å². The van der Waals surface area contributed by atoms with Crippen molar-refractivity contribution in [1.29, 1.82) is 0 Å². The SMILES string of the molecule is Cc1ccc(C2CCN(CCCOc3cccc4oc(-c5nnc(C(C)C)o5)cc34)CC2)cc1C. The summed E-state index contributed by atoms with van der Waals surface area (Å²) in [5.41, 5.74) is 5.04. The third-order valence-corrected chi connectivity index (χ3v) is 7.13. The smallest absolute Gasteiger partial charge is 0.283 e. The lowest BCUT2D eigenvalue weighted by Gasteiger charge is -2.32. The Balaban J connectivity index is 1.13. The minimum Gasteiger partial charge on any atom is -0.493 e. The molecule has 6 heteroatoms. The van der Waals surface area contributed by atoms with E-state index in [4.69, 9.17) is 13.6 Å². The first-order valence-corrected chi connectivity index (χ1v) is 12.8. The molecule has 0 atom stereocenters. The minimum atomic E-state index is 0.178. The van der Waals surface area contributed by atoms with Crippen molar-refractivity contribution < 1.29 is 13.6 Å². The number of aromatic nitrogens is 2. The standard InChI is InChI=1S/C29H35N3O3/c1-19(2)28-30-31-29(35-28)27-18-24-25(7-5-8-26(24)34-27)33-16-6-13-32-14-11-22(12-15-32)23-10-9-20(3)21(4)17-23/h5,7-10,17-19,22H,6,11-16H2,1-4H3. The molecule has 0 N–H and O–H groups in total. The van der Waals surface area contributed by atoms with Gasteiger partial charge in [-0.2, -0.15) is 0 Å². The van der Waals surface area contributed by atoms with Crippen molar-refractivity contribution in [3.63, 3.8) is 0 Å². The molecule has 0 aliphatic carbocycles. The van der Waals surface area contributed by atoms with Gasteiger partial charge in [0.05, 0.1) is 12.0 Å². The fraction of sp³-hybridized carbons (Fsp3) is 0.448. The summed E-state index contributed by atoms with van der Waals surface area (Å²) in [5.74, 6) is 3.27. The molecule has 0 amide bonds. The van der Waals surface area contributed by atoms with E-state index < -0.39 is 0 Å². The monoisotopic (exact) mass is 473 g/mol. The van der Waals surface area contributed by atoms with Gasteiger partial charge in [-0.1, -0.05) is 38.1 Å². The predicted molar refractivity (Wildman–Crippen MR) is 138 cm³/mol. The Morgan fingerprint density at radius 1 is 1.00 bits per heavy atom. The van der Waals surface area contributed by atoms with Crippen molar-refractivity contribution in [3.8, 4) is 17.4 Å². The molecule has 35 heavy (non-hydrogen) atoms. The first-order chi connectivity index (χ1) is 17.0. The van der Waals surface area contributed by atoms with E-state index in [2.05, 4.69) is 47.1 Å². The molecule has 4 aromatic rings. The number of hydrogen-bond donors (Lipinski definition) is 0. The molecular formula is C29H35N3O3. The number of fused-ring (bicyclic) bond motifs is 1. The lowest BCUT2D eigenvalue weighted by molar-refractivity contribution is 0.193. The highest BCUT2D eigenvalue weighted by Crippen LogP contribution is 2.34. The molecule has 5 rings (SSSR count). The number of piperidine rings is 1. The van der Waals surface area contributed by atoms with Crippen molar-refractivity contribution in [2.24, 2.45) is 0 Å². The van der Waals surface area contributed by atoms with Crippen molar-refractivity contribution in [1.82, 2.24) is 15.1 Å². The number of rotatable bonds is 8. The Bertz CT molecular complexity index is 1280. The Morgan fingerprint density at radius 2 is 1.83 bits per heavy atom. The van der Waals surface area contributed by atoms with Crippen LogP contribution < -0.4 is 4.74 Å². The van der Waals surface area contributed by atoms with E-state index in [0.717, 1.165) is 42.8 Å². The molecule has 184 valence electrons. The average molecular weight is 474 g/mol. The van der Waals surface area contributed by atoms with Gasteiger partial charge in [0.25, 0.3) is 5.89 Å². The van der Waals surface area contributed by atoms with Gasteiger partial charge in [-0.15, -0.1) is 10.2 Å². The minimum absolute atomic E-state index is 0.178. The molecular weight excluding hydrogens is 438 g/mol. The molecule has 1 fully saturated rings. The van der Waals surface area contributed by atoms with Gasteiger partial charge in [0.2, 0.25) is 5.89 Å². The quantitative estimate of drug-likeness (QED) is 0.260. The second kappa shape index (κ2) is 10.2. The molecule has 2 aromatic heterocycles. The Kier molecular flexibility index (Phi) is 6.91. The zero-order valence-electron chi connectivity index (χ0n) is 21.2. The highest BCUT2D eigenvalue weighted by Gasteiger charge is 2.21. The predicted octanol–water partition coefficient (Wildman–Crippen LogP) is 6.87. The van der Waals surface area contributed by atoms with Gasteiger partial charge in [-0.3, -0.25) is 0 Å². The number of aryl methyl sites for hydroxylation is 2. The van der Waals surface area contributed by atoms with Gasteiger partial charge in [-0.05, 0) is 80.9 Å². The number of benzene rings is 2. The van der Waals surface area contributed by atoms with Gasteiger partial charge in [0.15, 0.2) is 5.76 Å². The average Bonchev–Trinajstić information content (AvgIpc) is 3.52. The number of nitrogens with zero attached hydrogens (tertiary/aromatic N) is 3. The van der Waals surface area contributed by atoms with Crippen molar-refractivity contribution in [3.05, 3.63) is 65.0 Å². The Morgan fingerprint density at radius 3 is 2.57 bits per heavy atom. The van der Waals surface area contributed by atoms with Crippen LogP contribution in [0, 0.1) is 13.8 Å². The van der Waals surface area contributed by atoms with Crippen LogP contribution in [0.4, 0.5) is 0 Å². The summed E-state index contributed by atoms with van der Waals surface area (Å²) in [5, 5.41) is 9.17. The Hall–Kier alpha value is -3.12. The lowest BCUT2D eigenvalue weighted by Crippen LogP contribution is -2.34. The maximum atomic E-state index is 6.16. The van der Waals surface area contributed by atoms with Crippen LogP contribution in [0.5, 0.6) is 5.75 Å². The number of furan rings is 1. The molecule has 3 heterocycles. The maximum absolute atomic E-state index is 6.16. The van der Waals surface area contributed by atoms with Crippen LogP contribution in [0.1, 0.15) is 67.5 Å². The van der Waals surface area contributed by atoms with Crippen LogP contribution >= 0.6 is 0 Å². The molecule has 0 radical (unpaired) electrons. The largest absolute Gasteiger partial charge is 0.493 e. The molecule has 0 spiro atoms. The van der Waals surface area contributed by atoms with Crippen LogP contribution in [0.3, 0.4) is 0 Å². The molecule has 0 saturated carbocycles. The molecule has 0 bridgehead atoms. The summed E-state index contributed by atoms with van der Waals surface area (Å²) in [6.07, 6.45) is 3.46. The number of likely N-dealkylation sites (tertiary alicyclic amines) is 1. The molecule has 0 unspecified atom stereocenters. The summed E-state index contributed by atoms with van der Waals surface area (Å²) in [4.78, 5) is 2.57. The summed E-state index contributed by atoms with van der Waals surface area (Å²) < 4.78 is 17.9. The van der Waals surface area contributed by atoms with E-state index in [1.807, 2.05) is 38.1 Å². The first kappa shape index (κ1) is 23.6. The van der Waals surface area contributed by atoms with Gasteiger partial charge >= 0.3 is 0 Å². The third-order valence-electron chi connectivity index (χ3n) is 7.13. The zero-order valence-corrected chi connectivity index (χ0v) is 21.2. The van der Waals surface area contributed by atoms with Gasteiger partial charge in [0, 0.05) is 18.5 Å².